The normalized spacial score (nSPS) is 14.2. The van der Waals surface area contributed by atoms with Gasteiger partial charge in [-0.2, -0.15) is 4.98 Å². The summed E-state index contributed by atoms with van der Waals surface area (Å²) in [4.78, 5) is 21.5. The predicted molar refractivity (Wildman–Crippen MR) is 103 cm³/mol. The first kappa shape index (κ1) is 18.0. The van der Waals surface area contributed by atoms with E-state index < -0.39 is 11.6 Å². The second-order valence-corrected chi connectivity index (χ2v) is 6.44. The Bertz CT molecular complexity index is 940. The minimum Gasteiger partial charge on any atom is -0.353 e. The zero-order valence-corrected chi connectivity index (χ0v) is 15.3. The lowest BCUT2D eigenvalue weighted by atomic mass is 10.3. The lowest BCUT2D eigenvalue weighted by Crippen LogP contribution is -2.47. The van der Waals surface area contributed by atoms with Crippen LogP contribution in [0.25, 0.3) is 0 Å². The first-order valence-corrected chi connectivity index (χ1v) is 8.94. The lowest BCUT2D eigenvalue weighted by molar-refractivity contribution is 0.590. The number of rotatable bonds is 4. The number of hydrogen-bond acceptors (Lipinski definition) is 7. The zero-order valence-electron chi connectivity index (χ0n) is 15.3. The number of piperazine rings is 1. The fourth-order valence-electron chi connectivity index (χ4n) is 3.09. The Hall–Kier alpha value is -3.36. The van der Waals surface area contributed by atoms with Crippen molar-refractivity contribution in [2.75, 3.05) is 41.3 Å². The summed E-state index contributed by atoms with van der Waals surface area (Å²) in [5, 5.41) is 2.67. The van der Waals surface area contributed by atoms with Gasteiger partial charge in [0.25, 0.3) is 0 Å². The van der Waals surface area contributed by atoms with Crippen LogP contribution in [0.4, 0.5) is 32.2 Å². The number of benzene rings is 1. The van der Waals surface area contributed by atoms with E-state index in [9.17, 15) is 8.78 Å². The van der Waals surface area contributed by atoms with Crippen molar-refractivity contribution in [2.45, 2.75) is 6.92 Å². The summed E-state index contributed by atoms with van der Waals surface area (Å²) in [6.07, 6.45) is 3.45. The fourth-order valence-corrected chi connectivity index (χ4v) is 3.09. The lowest BCUT2D eigenvalue weighted by Gasteiger charge is -2.35. The van der Waals surface area contributed by atoms with Gasteiger partial charge in [-0.05, 0) is 25.1 Å². The third kappa shape index (κ3) is 3.83. The molecule has 1 aliphatic heterocycles. The van der Waals surface area contributed by atoms with E-state index in [-0.39, 0.29) is 11.6 Å². The fraction of sp³-hybridized carbons (Fsp3) is 0.263. The van der Waals surface area contributed by atoms with E-state index in [1.165, 1.54) is 18.2 Å². The standard InChI is InChI=1S/C19H19F2N7/c1-13-12-16(25-18(24-13)26-17-14(20)4-2-5-15(17)21)27-8-10-28(11-9-27)19-22-6-3-7-23-19/h2-7,12H,8-11H2,1H3,(H,24,25,26). The zero-order chi connectivity index (χ0) is 19.5. The smallest absolute Gasteiger partial charge is 0.229 e. The van der Waals surface area contributed by atoms with Gasteiger partial charge in [-0.15, -0.1) is 0 Å². The molecular weight excluding hydrogens is 364 g/mol. The third-order valence-corrected chi connectivity index (χ3v) is 4.48. The Morgan fingerprint density at radius 1 is 0.893 bits per heavy atom. The highest BCUT2D eigenvalue weighted by atomic mass is 19.1. The Kier molecular flexibility index (Phi) is 4.96. The van der Waals surface area contributed by atoms with Gasteiger partial charge in [-0.25, -0.2) is 23.7 Å². The molecule has 7 nitrogen and oxygen atoms in total. The van der Waals surface area contributed by atoms with Crippen molar-refractivity contribution in [3.05, 3.63) is 60.1 Å². The number of halogens is 2. The van der Waals surface area contributed by atoms with E-state index in [0.717, 1.165) is 26.2 Å². The maximum Gasteiger partial charge on any atom is 0.229 e. The van der Waals surface area contributed by atoms with Crippen molar-refractivity contribution < 1.29 is 8.78 Å². The van der Waals surface area contributed by atoms with Crippen molar-refractivity contribution in [3.8, 4) is 0 Å². The highest BCUT2D eigenvalue weighted by Crippen LogP contribution is 2.24. The molecule has 0 bridgehead atoms. The van der Waals surface area contributed by atoms with Crippen LogP contribution in [0.1, 0.15) is 5.69 Å². The van der Waals surface area contributed by atoms with Gasteiger partial charge in [0, 0.05) is 50.3 Å². The van der Waals surface area contributed by atoms with Crippen LogP contribution >= 0.6 is 0 Å². The van der Waals surface area contributed by atoms with Crippen molar-refractivity contribution in [3.63, 3.8) is 0 Å². The van der Waals surface area contributed by atoms with Crippen molar-refractivity contribution in [2.24, 2.45) is 0 Å². The minimum absolute atomic E-state index is 0.160. The van der Waals surface area contributed by atoms with E-state index in [1.807, 2.05) is 13.0 Å². The van der Waals surface area contributed by atoms with Crippen LogP contribution in [0.3, 0.4) is 0 Å². The number of anilines is 4. The van der Waals surface area contributed by atoms with Gasteiger partial charge in [0.15, 0.2) is 0 Å². The summed E-state index contributed by atoms with van der Waals surface area (Å²) in [5.41, 5.74) is 0.447. The van der Waals surface area contributed by atoms with Gasteiger partial charge in [0.05, 0.1) is 0 Å². The largest absolute Gasteiger partial charge is 0.353 e. The Morgan fingerprint density at radius 2 is 1.54 bits per heavy atom. The molecule has 0 saturated carbocycles. The Morgan fingerprint density at radius 3 is 2.21 bits per heavy atom. The number of nitrogens with zero attached hydrogens (tertiary/aromatic N) is 6. The van der Waals surface area contributed by atoms with E-state index in [0.29, 0.717) is 17.5 Å². The molecule has 1 fully saturated rings. The van der Waals surface area contributed by atoms with E-state index in [2.05, 4.69) is 35.1 Å². The van der Waals surface area contributed by atoms with Crippen LogP contribution in [-0.2, 0) is 0 Å². The highest BCUT2D eigenvalue weighted by molar-refractivity contribution is 5.57. The first-order chi connectivity index (χ1) is 13.6. The molecule has 144 valence electrons. The predicted octanol–water partition coefficient (Wildman–Crippen LogP) is 2.92. The van der Waals surface area contributed by atoms with Gasteiger partial charge in [0.2, 0.25) is 11.9 Å². The number of aromatic nitrogens is 4. The maximum atomic E-state index is 13.9. The molecule has 1 N–H and O–H groups in total. The molecule has 0 atom stereocenters. The molecule has 3 heterocycles. The minimum atomic E-state index is -0.692. The molecule has 28 heavy (non-hydrogen) atoms. The monoisotopic (exact) mass is 383 g/mol. The maximum absolute atomic E-state index is 13.9. The molecule has 3 aromatic rings. The summed E-state index contributed by atoms with van der Waals surface area (Å²) in [7, 11) is 0. The number of hydrogen-bond donors (Lipinski definition) is 1. The van der Waals surface area contributed by atoms with Gasteiger partial charge in [-0.1, -0.05) is 6.07 Å². The van der Waals surface area contributed by atoms with E-state index in [4.69, 9.17) is 0 Å². The van der Waals surface area contributed by atoms with Crippen LogP contribution in [-0.4, -0.2) is 46.1 Å². The molecule has 1 saturated heterocycles. The molecule has 2 aromatic heterocycles. The third-order valence-electron chi connectivity index (χ3n) is 4.48. The summed E-state index contributed by atoms with van der Waals surface area (Å²) >= 11 is 0. The molecule has 1 aliphatic rings. The van der Waals surface area contributed by atoms with Crippen LogP contribution in [0, 0.1) is 18.6 Å². The topological polar surface area (TPSA) is 70.1 Å². The van der Waals surface area contributed by atoms with Crippen molar-refractivity contribution in [1.82, 2.24) is 19.9 Å². The van der Waals surface area contributed by atoms with Crippen LogP contribution in [0.15, 0.2) is 42.7 Å². The van der Waals surface area contributed by atoms with Gasteiger partial charge in [0.1, 0.15) is 23.1 Å². The molecule has 0 amide bonds. The highest BCUT2D eigenvalue weighted by Gasteiger charge is 2.21. The second kappa shape index (κ2) is 7.71. The average molecular weight is 383 g/mol. The van der Waals surface area contributed by atoms with Crippen molar-refractivity contribution in [1.29, 1.82) is 0 Å². The molecule has 0 aliphatic carbocycles. The summed E-state index contributed by atoms with van der Waals surface area (Å²) < 4.78 is 27.8. The van der Waals surface area contributed by atoms with Crippen LogP contribution < -0.4 is 15.1 Å². The molecule has 0 unspecified atom stereocenters. The molecule has 9 heteroatoms. The van der Waals surface area contributed by atoms with Crippen LogP contribution in [0.5, 0.6) is 0 Å². The number of aryl methyl sites for hydroxylation is 1. The van der Waals surface area contributed by atoms with Gasteiger partial charge in [-0.3, -0.25) is 0 Å². The summed E-state index contributed by atoms with van der Waals surface area (Å²) in [5.74, 6) is 0.192. The summed E-state index contributed by atoms with van der Waals surface area (Å²) in [6, 6.07) is 7.34. The van der Waals surface area contributed by atoms with Gasteiger partial charge >= 0.3 is 0 Å². The molecule has 4 rings (SSSR count). The van der Waals surface area contributed by atoms with E-state index in [1.54, 1.807) is 18.5 Å². The number of para-hydroxylation sites is 1. The second-order valence-electron chi connectivity index (χ2n) is 6.44. The van der Waals surface area contributed by atoms with E-state index >= 15 is 0 Å². The molecule has 0 radical (unpaired) electrons. The first-order valence-electron chi connectivity index (χ1n) is 8.94. The average Bonchev–Trinajstić information content (AvgIpc) is 2.71. The van der Waals surface area contributed by atoms with Crippen molar-refractivity contribution >= 4 is 23.4 Å². The summed E-state index contributed by atoms with van der Waals surface area (Å²) in [6.45, 7) is 4.77. The quantitative estimate of drug-likeness (QED) is 0.743. The molecular formula is C19H19F2N7. The molecule has 1 aromatic carbocycles. The Balaban J connectivity index is 1.50. The van der Waals surface area contributed by atoms with Gasteiger partial charge < -0.3 is 15.1 Å². The number of nitrogens with one attached hydrogen (secondary N) is 1. The molecule has 0 spiro atoms. The SMILES string of the molecule is Cc1cc(N2CCN(c3ncccn3)CC2)nc(Nc2c(F)cccc2F)n1. The van der Waals surface area contributed by atoms with Crippen LogP contribution in [0.2, 0.25) is 0 Å². The Labute approximate surface area is 161 Å².